The van der Waals surface area contributed by atoms with E-state index in [9.17, 15) is 19.4 Å². The molecule has 1 heterocycles. The molecule has 2 aromatic carbocycles. The van der Waals surface area contributed by atoms with E-state index in [1.165, 1.54) is 36.3 Å². The van der Waals surface area contributed by atoms with E-state index in [0.717, 1.165) is 0 Å². The molecule has 0 saturated heterocycles. The quantitative estimate of drug-likeness (QED) is 0.834. The predicted molar refractivity (Wildman–Crippen MR) is 81.6 cm³/mol. The van der Waals surface area contributed by atoms with Gasteiger partial charge in [0.1, 0.15) is 36.3 Å². The van der Waals surface area contributed by atoms with Crippen molar-refractivity contribution in [2.75, 3.05) is 13.7 Å². The summed E-state index contributed by atoms with van der Waals surface area (Å²) in [4.78, 5) is 12.6. The molecule has 24 heavy (non-hydrogen) atoms. The Morgan fingerprint density at radius 3 is 2.38 bits per heavy atom. The largest absolute Gasteiger partial charge is 0.468 e. The summed E-state index contributed by atoms with van der Waals surface area (Å²) >= 11 is 0. The molecule has 0 fully saturated rings. The Morgan fingerprint density at radius 2 is 1.71 bits per heavy atom. The summed E-state index contributed by atoms with van der Waals surface area (Å²) in [5, 5.41) is 20.6. The lowest BCUT2D eigenvalue weighted by Gasteiger charge is -2.22. The second-order valence-electron chi connectivity index (χ2n) is 5.34. The van der Waals surface area contributed by atoms with Crippen molar-refractivity contribution < 1.29 is 28.9 Å². The lowest BCUT2D eigenvalue weighted by molar-refractivity contribution is -0.152. The fraction of sp³-hybridized carbons (Fsp3) is 0.235. The SMILES string of the molecule is COC(=O)CN1C(O)c2ccc(Oc3ccc(F)cc3)cc2C1O. The van der Waals surface area contributed by atoms with E-state index in [-0.39, 0.29) is 12.4 Å². The molecule has 126 valence electrons. The van der Waals surface area contributed by atoms with E-state index in [2.05, 4.69) is 4.74 Å². The minimum absolute atomic E-state index is 0.248. The van der Waals surface area contributed by atoms with Gasteiger partial charge in [0.15, 0.2) is 0 Å². The van der Waals surface area contributed by atoms with Crippen LogP contribution in [0, 0.1) is 5.82 Å². The number of halogens is 1. The molecule has 3 rings (SSSR count). The van der Waals surface area contributed by atoms with Gasteiger partial charge in [-0.25, -0.2) is 9.29 Å². The molecular formula is C17H16FNO5. The number of hydrogen-bond acceptors (Lipinski definition) is 6. The van der Waals surface area contributed by atoms with Crippen molar-refractivity contribution in [3.8, 4) is 11.5 Å². The molecule has 0 radical (unpaired) electrons. The molecule has 2 unspecified atom stereocenters. The normalized spacial score (nSPS) is 19.8. The number of esters is 1. The van der Waals surface area contributed by atoms with E-state index in [1.54, 1.807) is 18.2 Å². The number of hydrogen-bond donors (Lipinski definition) is 2. The van der Waals surface area contributed by atoms with Crippen LogP contribution in [0.3, 0.4) is 0 Å². The highest BCUT2D eigenvalue weighted by molar-refractivity contribution is 5.71. The Labute approximate surface area is 137 Å². The molecule has 1 aliphatic heterocycles. The number of aliphatic hydroxyl groups is 2. The van der Waals surface area contributed by atoms with Crippen LogP contribution in [0.1, 0.15) is 23.6 Å². The average Bonchev–Trinajstić information content (AvgIpc) is 2.81. The van der Waals surface area contributed by atoms with Gasteiger partial charge in [0.25, 0.3) is 0 Å². The van der Waals surface area contributed by atoms with Gasteiger partial charge in [0.05, 0.1) is 7.11 Å². The number of ether oxygens (including phenoxy) is 2. The number of carbonyl (C=O) groups is 1. The van der Waals surface area contributed by atoms with Crippen LogP contribution in [0.2, 0.25) is 0 Å². The van der Waals surface area contributed by atoms with E-state index >= 15 is 0 Å². The van der Waals surface area contributed by atoms with Gasteiger partial charge in [0, 0.05) is 11.1 Å². The minimum Gasteiger partial charge on any atom is -0.468 e. The molecule has 0 spiro atoms. The third-order valence-corrected chi connectivity index (χ3v) is 3.83. The van der Waals surface area contributed by atoms with Gasteiger partial charge in [0.2, 0.25) is 0 Å². The van der Waals surface area contributed by atoms with Crippen LogP contribution in [0.25, 0.3) is 0 Å². The first-order chi connectivity index (χ1) is 11.5. The van der Waals surface area contributed by atoms with Gasteiger partial charge < -0.3 is 19.7 Å². The van der Waals surface area contributed by atoms with Crippen LogP contribution in [0.5, 0.6) is 11.5 Å². The minimum atomic E-state index is -1.16. The molecule has 0 aromatic heterocycles. The van der Waals surface area contributed by atoms with Gasteiger partial charge in [-0.15, -0.1) is 0 Å². The average molecular weight is 333 g/mol. The summed E-state index contributed by atoms with van der Waals surface area (Å²) < 4.78 is 23.1. The molecule has 0 amide bonds. The third kappa shape index (κ3) is 3.09. The zero-order valence-electron chi connectivity index (χ0n) is 12.8. The molecule has 2 atom stereocenters. The number of nitrogens with zero attached hydrogens (tertiary/aromatic N) is 1. The highest BCUT2D eigenvalue weighted by Crippen LogP contribution is 2.41. The molecule has 0 aliphatic carbocycles. The van der Waals surface area contributed by atoms with Crippen LogP contribution >= 0.6 is 0 Å². The van der Waals surface area contributed by atoms with Gasteiger partial charge >= 0.3 is 5.97 Å². The predicted octanol–water partition coefficient (Wildman–Crippen LogP) is 2.09. The van der Waals surface area contributed by atoms with E-state index in [0.29, 0.717) is 22.6 Å². The zero-order valence-corrected chi connectivity index (χ0v) is 12.8. The number of benzene rings is 2. The number of aliphatic hydroxyl groups excluding tert-OH is 2. The first kappa shape index (κ1) is 16.4. The van der Waals surface area contributed by atoms with Gasteiger partial charge in [-0.2, -0.15) is 0 Å². The summed E-state index contributed by atoms with van der Waals surface area (Å²) in [6.07, 6.45) is -2.28. The molecule has 6 nitrogen and oxygen atoms in total. The summed E-state index contributed by atoms with van der Waals surface area (Å²) in [5.41, 5.74) is 0.920. The third-order valence-electron chi connectivity index (χ3n) is 3.83. The smallest absolute Gasteiger partial charge is 0.320 e. The van der Waals surface area contributed by atoms with Crippen LogP contribution in [0.15, 0.2) is 42.5 Å². The number of carbonyl (C=O) groups excluding carboxylic acids is 1. The second-order valence-corrected chi connectivity index (χ2v) is 5.34. The molecule has 2 N–H and O–H groups in total. The summed E-state index contributed by atoms with van der Waals surface area (Å²) in [6, 6.07) is 10.3. The highest BCUT2D eigenvalue weighted by atomic mass is 19.1. The maximum Gasteiger partial charge on any atom is 0.320 e. The summed E-state index contributed by atoms with van der Waals surface area (Å²) in [5.74, 6) is -0.0701. The Hall–Kier alpha value is -2.48. The molecule has 1 aliphatic rings. The monoisotopic (exact) mass is 333 g/mol. The second kappa shape index (κ2) is 6.56. The Kier molecular flexibility index (Phi) is 4.48. The van der Waals surface area contributed by atoms with Crippen LogP contribution in [-0.2, 0) is 9.53 Å². The van der Waals surface area contributed by atoms with E-state index in [4.69, 9.17) is 4.74 Å². The van der Waals surface area contributed by atoms with Crippen LogP contribution in [-0.4, -0.2) is 34.7 Å². The molecule has 0 bridgehead atoms. The van der Waals surface area contributed by atoms with Crippen molar-refractivity contribution in [1.82, 2.24) is 4.90 Å². The molecular weight excluding hydrogens is 317 g/mol. The maximum absolute atomic E-state index is 12.9. The lowest BCUT2D eigenvalue weighted by atomic mass is 10.1. The van der Waals surface area contributed by atoms with Gasteiger partial charge in [-0.3, -0.25) is 4.79 Å². The molecule has 0 saturated carbocycles. The fourth-order valence-electron chi connectivity index (χ4n) is 2.59. The van der Waals surface area contributed by atoms with E-state index < -0.39 is 18.4 Å². The fourth-order valence-corrected chi connectivity index (χ4v) is 2.59. The van der Waals surface area contributed by atoms with Crippen molar-refractivity contribution in [1.29, 1.82) is 0 Å². The standard InChI is InChI=1S/C17H16FNO5/c1-23-15(20)9-19-16(21)13-7-6-12(8-14(13)17(19)22)24-11-4-2-10(18)3-5-11/h2-8,16-17,21-22H,9H2,1H3. The van der Waals surface area contributed by atoms with Gasteiger partial charge in [-0.05, 0) is 36.4 Å². The number of fused-ring (bicyclic) bond motifs is 1. The van der Waals surface area contributed by atoms with Crippen molar-refractivity contribution in [3.05, 3.63) is 59.4 Å². The van der Waals surface area contributed by atoms with E-state index in [1.807, 2.05) is 0 Å². The van der Waals surface area contributed by atoms with Crippen molar-refractivity contribution in [2.45, 2.75) is 12.5 Å². The zero-order chi connectivity index (χ0) is 17.3. The Bertz CT molecular complexity index is 749. The topological polar surface area (TPSA) is 79.2 Å². The van der Waals surface area contributed by atoms with Crippen molar-refractivity contribution in [3.63, 3.8) is 0 Å². The number of rotatable bonds is 4. The van der Waals surface area contributed by atoms with Gasteiger partial charge in [-0.1, -0.05) is 6.07 Å². The van der Waals surface area contributed by atoms with Crippen LogP contribution in [0.4, 0.5) is 4.39 Å². The maximum atomic E-state index is 12.9. The Balaban J connectivity index is 1.82. The van der Waals surface area contributed by atoms with Crippen LogP contribution < -0.4 is 4.74 Å². The highest BCUT2D eigenvalue weighted by Gasteiger charge is 2.37. The lowest BCUT2D eigenvalue weighted by Crippen LogP contribution is -2.32. The number of methoxy groups -OCH3 is 1. The first-order valence-corrected chi connectivity index (χ1v) is 7.25. The molecule has 2 aromatic rings. The molecule has 7 heteroatoms. The first-order valence-electron chi connectivity index (χ1n) is 7.25. The summed E-state index contributed by atoms with van der Waals surface area (Å²) in [6.45, 7) is -0.248. The summed E-state index contributed by atoms with van der Waals surface area (Å²) in [7, 11) is 1.24. The Morgan fingerprint density at radius 1 is 1.08 bits per heavy atom. The van der Waals surface area contributed by atoms with Crippen molar-refractivity contribution >= 4 is 5.97 Å². The van der Waals surface area contributed by atoms with Crippen molar-refractivity contribution in [2.24, 2.45) is 0 Å².